The number of carbonyl (C=O) groups excluding carboxylic acids is 1. The zero-order valence-corrected chi connectivity index (χ0v) is 11.6. The topological polar surface area (TPSA) is 60.2 Å². The van der Waals surface area contributed by atoms with Crippen molar-refractivity contribution < 1.29 is 9.72 Å². The number of Topliss-reactive ketones (excluding diaryl/α,β-unsaturated/α-hetero) is 1. The molecule has 0 aliphatic carbocycles. The number of nitro groups is 1. The highest BCUT2D eigenvalue weighted by Crippen LogP contribution is 2.22. The van der Waals surface area contributed by atoms with Crippen molar-refractivity contribution in [3.05, 3.63) is 74.3 Å². The third kappa shape index (κ3) is 3.03. The normalized spacial score (nSPS) is 10.3. The summed E-state index contributed by atoms with van der Waals surface area (Å²) in [5.41, 5.74) is 2.15. The summed E-state index contributed by atoms with van der Waals surface area (Å²) in [6, 6.07) is 11.0. The molecule has 5 heteroatoms. The van der Waals surface area contributed by atoms with Gasteiger partial charge in [-0.3, -0.25) is 14.9 Å². The molecule has 0 radical (unpaired) electrons. The highest BCUT2D eigenvalue weighted by atomic mass is 35.5. The van der Waals surface area contributed by atoms with E-state index in [9.17, 15) is 14.9 Å². The van der Waals surface area contributed by atoms with Crippen LogP contribution >= 0.6 is 11.6 Å². The summed E-state index contributed by atoms with van der Waals surface area (Å²) in [5, 5.41) is 11.1. The number of nitrogens with zero attached hydrogens (tertiary/aromatic N) is 1. The van der Waals surface area contributed by atoms with E-state index in [2.05, 4.69) is 0 Å². The van der Waals surface area contributed by atoms with Crippen LogP contribution < -0.4 is 0 Å². The lowest BCUT2D eigenvalue weighted by atomic mass is 9.99. The van der Waals surface area contributed by atoms with Gasteiger partial charge in [0.05, 0.1) is 4.92 Å². The number of carbonyl (C=O) groups is 1. The molecular weight excluding hydrogens is 278 g/mol. The molecule has 2 rings (SSSR count). The van der Waals surface area contributed by atoms with Crippen LogP contribution in [0.15, 0.2) is 42.5 Å². The zero-order valence-electron chi connectivity index (χ0n) is 10.8. The van der Waals surface area contributed by atoms with Gasteiger partial charge in [0.1, 0.15) is 0 Å². The molecule has 0 aliphatic rings. The van der Waals surface area contributed by atoms with Crippen molar-refractivity contribution >= 4 is 23.1 Å². The maximum absolute atomic E-state index is 12.2. The molecule has 0 heterocycles. The van der Waals surface area contributed by atoms with E-state index in [1.807, 2.05) is 19.1 Å². The van der Waals surface area contributed by atoms with E-state index >= 15 is 0 Å². The molecule has 102 valence electrons. The van der Waals surface area contributed by atoms with E-state index in [0.717, 1.165) is 11.1 Å². The van der Waals surface area contributed by atoms with Crippen LogP contribution in [0.1, 0.15) is 21.5 Å². The van der Waals surface area contributed by atoms with E-state index < -0.39 is 4.92 Å². The third-order valence-corrected chi connectivity index (χ3v) is 3.44. The van der Waals surface area contributed by atoms with Crippen molar-refractivity contribution in [1.29, 1.82) is 0 Å². The van der Waals surface area contributed by atoms with E-state index in [4.69, 9.17) is 11.6 Å². The standard InChI is InChI=1S/C15H12ClNO3/c1-10-3-2-4-14(16)13(10)9-15(18)11-5-7-12(8-6-11)17(19)20/h2-8H,9H2,1H3. The van der Waals surface area contributed by atoms with Gasteiger partial charge >= 0.3 is 0 Å². The molecule has 20 heavy (non-hydrogen) atoms. The highest BCUT2D eigenvalue weighted by Gasteiger charge is 2.13. The molecular formula is C15H12ClNO3. The smallest absolute Gasteiger partial charge is 0.269 e. The van der Waals surface area contributed by atoms with Gasteiger partial charge in [0, 0.05) is 29.1 Å². The molecule has 0 aromatic heterocycles. The summed E-state index contributed by atoms with van der Waals surface area (Å²) < 4.78 is 0. The van der Waals surface area contributed by atoms with Crippen LogP contribution in [-0.2, 0) is 6.42 Å². The Hall–Kier alpha value is -2.20. The van der Waals surface area contributed by atoms with E-state index in [1.54, 1.807) is 6.07 Å². The maximum Gasteiger partial charge on any atom is 0.269 e. The van der Waals surface area contributed by atoms with Gasteiger partial charge < -0.3 is 0 Å². The third-order valence-electron chi connectivity index (χ3n) is 3.09. The summed E-state index contributed by atoms with van der Waals surface area (Å²) in [7, 11) is 0. The van der Waals surface area contributed by atoms with E-state index in [0.29, 0.717) is 10.6 Å². The predicted molar refractivity (Wildman–Crippen MR) is 77.3 cm³/mol. The van der Waals surface area contributed by atoms with Gasteiger partial charge in [-0.25, -0.2) is 0 Å². The molecule has 0 amide bonds. The van der Waals surface area contributed by atoms with Gasteiger partial charge in [0.25, 0.3) is 5.69 Å². The van der Waals surface area contributed by atoms with Gasteiger partial charge in [-0.15, -0.1) is 0 Å². The summed E-state index contributed by atoms with van der Waals surface area (Å²) in [6.07, 6.45) is 0.184. The van der Waals surface area contributed by atoms with Crippen molar-refractivity contribution in [3.63, 3.8) is 0 Å². The molecule has 0 unspecified atom stereocenters. The Labute approximate surface area is 121 Å². The van der Waals surface area contributed by atoms with Crippen LogP contribution in [0.3, 0.4) is 0 Å². The number of nitro benzene ring substituents is 1. The molecule has 0 bridgehead atoms. The van der Waals surface area contributed by atoms with Crippen molar-refractivity contribution in [2.45, 2.75) is 13.3 Å². The van der Waals surface area contributed by atoms with Crippen molar-refractivity contribution in [2.24, 2.45) is 0 Å². The SMILES string of the molecule is Cc1cccc(Cl)c1CC(=O)c1ccc([N+](=O)[O-])cc1. The summed E-state index contributed by atoms with van der Waals surface area (Å²) >= 11 is 6.09. The largest absolute Gasteiger partial charge is 0.294 e. The van der Waals surface area contributed by atoms with Crippen molar-refractivity contribution in [1.82, 2.24) is 0 Å². The zero-order chi connectivity index (χ0) is 14.7. The number of non-ortho nitro benzene ring substituents is 1. The monoisotopic (exact) mass is 289 g/mol. The van der Waals surface area contributed by atoms with Crippen molar-refractivity contribution in [2.75, 3.05) is 0 Å². The van der Waals surface area contributed by atoms with E-state index in [-0.39, 0.29) is 17.9 Å². The van der Waals surface area contributed by atoms with Crippen LogP contribution in [0.2, 0.25) is 5.02 Å². The molecule has 0 fully saturated rings. The number of aryl methyl sites for hydroxylation is 1. The molecule has 0 N–H and O–H groups in total. The molecule has 0 saturated heterocycles. The Kier molecular flexibility index (Phi) is 4.15. The van der Waals surface area contributed by atoms with Gasteiger partial charge in [-0.2, -0.15) is 0 Å². The van der Waals surface area contributed by atoms with Crippen LogP contribution in [0, 0.1) is 17.0 Å². The number of halogens is 1. The molecule has 4 nitrogen and oxygen atoms in total. The lowest BCUT2D eigenvalue weighted by Crippen LogP contribution is -2.05. The number of ketones is 1. The summed E-state index contributed by atoms with van der Waals surface area (Å²) in [6.45, 7) is 1.89. The molecule has 0 atom stereocenters. The van der Waals surface area contributed by atoms with Crippen LogP contribution in [0.5, 0.6) is 0 Å². The lowest BCUT2D eigenvalue weighted by Gasteiger charge is -2.07. The molecule has 2 aromatic carbocycles. The first-order chi connectivity index (χ1) is 9.49. The van der Waals surface area contributed by atoms with Gasteiger partial charge in [0.15, 0.2) is 5.78 Å². The minimum atomic E-state index is -0.494. The van der Waals surface area contributed by atoms with Crippen LogP contribution in [0.4, 0.5) is 5.69 Å². The second-order valence-electron chi connectivity index (χ2n) is 4.44. The molecule has 0 spiro atoms. The Bertz CT molecular complexity index is 645. The summed E-state index contributed by atoms with van der Waals surface area (Å²) in [4.78, 5) is 22.2. The quantitative estimate of drug-likeness (QED) is 0.486. The molecule has 2 aromatic rings. The fourth-order valence-corrected chi connectivity index (χ4v) is 2.21. The first-order valence-corrected chi connectivity index (χ1v) is 6.38. The lowest BCUT2D eigenvalue weighted by molar-refractivity contribution is -0.384. The Morgan fingerprint density at radius 3 is 2.40 bits per heavy atom. The second-order valence-corrected chi connectivity index (χ2v) is 4.85. The Balaban J connectivity index is 2.22. The van der Waals surface area contributed by atoms with Crippen LogP contribution in [-0.4, -0.2) is 10.7 Å². The average Bonchev–Trinajstić information content (AvgIpc) is 2.43. The fourth-order valence-electron chi connectivity index (χ4n) is 1.92. The second kappa shape index (κ2) is 5.84. The molecule has 0 aliphatic heterocycles. The predicted octanol–water partition coefficient (Wildman–Crippen LogP) is 3.98. The number of benzene rings is 2. The van der Waals surface area contributed by atoms with Crippen molar-refractivity contribution in [3.8, 4) is 0 Å². The van der Waals surface area contributed by atoms with Gasteiger partial charge in [-0.1, -0.05) is 23.7 Å². The minimum absolute atomic E-state index is 0.0320. The highest BCUT2D eigenvalue weighted by molar-refractivity contribution is 6.31. The first-order valence-electron chi connectivity index (χ1n) is 6.00. The van der Waals surface area contributed by atoms with Crippen LogP contribution in [0.25, 0.3) is 0 Å². The fraction of sp³-hybridized carbons (Fsp3) is 0.133. The van der Waals surface area contributed by atoms with Gasteiger partial charge in [-0.05, 0) is 36.2 Å². The molecule has 0 saturated carbocycles. The van der Waals surface area contributed by atoms with E-state index in [1.165, 1.54) is 24.3 Å². The average molecular weight is 290 g/mol. The maximum atomic E-state index is 12.2. The summed E-state index contributed by atoms with van der Waals surface area (Å²) in [5.74, 6) is -0.115. The first kappa shape index (κ1) is 14.2. The number of rotatable bonds is 4. The Morgan fingerprint density at radius 1 is 1.20 bits per heavy atom. The number of hydrogen-bond donors (Lipinski definition) is 0. The minimum Gasteiger partial charge on any atom is -0.294 e. The Morgan fingerprint density at radius 2 is 1.85 bits per heavy atom. The number of hydrogen-bond acceptors (Lipinski definition) is 3. The van der Waals surface area contributed by atoms with Gasteiger partial charge in [0.2, 0.25) is 0 Å².